The van der Waals surface area contributed by atoms with Gasteiger partial charge < -0.3 is 19.1 Å². The first kappa shape index (κ1) is 26.5. The maximum atomic E-state index is 13.0. The van der Waals surface area contributed by atoms with E-state index in [0.717, 1.165) is 11.1 Å². The van der Waals surface area contributed by atoms with Crippen LogP contribution in [0.4, 0.5) is 0 Å². The highest BCUT2D eigenvalue weighted by Crippen LogP contribution is 2.30. The third kappa shape index (κ3) is 6.63. The number of piperidine rings is 1. The van der Waals surface area contributed by atoms with Gasteiger partial charge in [-0.15, -0.1) is 0 Å². The normalized spacial score (nSPS) is 14.3. The fourth-order valence-electron chi connectivity index (χ4n) is 4.51. The standard InChI is InChI=1S/C29H33NO6S/c1-34-24-10-12-25(13-11-24)37(32,33)26-16-18-30(19-17-26)29(31)15-9-22-8-14-27(35-2)28(20-22)36-21-23-6-4-3-5-7-23/h3-8,10-14,20,26H,9,15-19,21H2,1-2H3. The smallest absolute Gasteiger partial charge is 0.222 e. The molecule has 37 heavy (non-hydrogen) atoms. The van der Waals surface area contributed by atoms with Crippen molar-refractivity contribution in [3.8, 4) is 17.2 Å². The molecule has 0 N–H and O–H groups in total. The number of rotatable bonds is 10. The molecule has 0 bridgehead atoms. The Hall–Kier alpha value is -3.52. The number of carbonyl (C=O) groups is 1. The van der Waals surface area contributed by atoms with Crippen molar-refractivity contribution in [1.29, 1.82) is 0 Å². The van der Waals surface area contributed by atoms with Gasteiger partial charge in [0.15, 0.2) is 21.3 Å². The molecule has 1 amide bonds. The summed E-state index contributed by atoms with van der Waals surface area (Å²) in [6.07, 6.45) is 1.77. The first-order valence-corrected chi connectivity index (χ1v) is 13.9. The summed E-state index contributed by atoms with van der Waals surface area (Å²) >= 11 is 0. The molecule has 4 rings (SSSR count). The Balaban J connectivity index is 1.30. The molecule has 1 aliphatic rings. The van der Waals surface area contributed by atoms with Crippen molar-refractivity contribution >= 4 is 15.7 Å². The number of aryl methyl sites for hydroxylation is 1. The molecule has 0 aliphatic carbocycles. The van der Waals surface area contributed by atoms with Crippen LogP contribution < -0.4 is 14.2 Å². The number of benzene rings is 3. The zero-order valence-electron chi connectivity index (χ0n) is 21.3. The molecule has 0 atom stereocenters. The van der Waals surface area contributed by atoms with Gasteiger partial charge in [0.25, 0.3) is 0 Å². The van der Waals surface area contributed by atoms with Crippen molar-refractivity contribution in [2.45, 2.75) is 42.4 Å². The average molecular weight is 524 g/mol. The minimum atomic E-state index is -3.45. The molecule has 3 aromatic rings. The molecule has 0 saturated carbocycles. The molecule has 1 heterocycles. The first-order chi connectivity index (χ1) is 17.9. The van der Waals surface area contributed by atoms with Crippen LogP contribution in [0.3, 0.4) is 0 Å². The minimum Gasteiger partial charge on any atom is -0.497 e. The summed E-state index contributed by atoms with van der Waals surface area (Å²) in [5.74, 6) is 1.93. The highest BCUT2D eigenvalue weighted by molar-refractivity contribution is 7.92. The van der Waals surface area contributed by atoms with Gasteiger partial charge in [0, 0.05) is 19.5 Å². The van der Waals surface area contributed by atoms with Crippen LogP contribution in [0.5, 0.6) is 17.2 Å². The van der Waals surface area contributed by atoms with Gasteiger partial charge in [0.1, 0.15) is 12.4 Å². The van der Waals surface area contributed by atoms with E-state index in [9.17, 15) is 13.2 Å². The summed E-state index contributed by atoms with van der Waals surface area (Å²) in [5.41, 5.74) is 2.04. The number of nitrogens with zero attached hydrogens (tertiary/aromatic N) is 1. The molecule has 0 unspecified atom stereocenters. The second-order valence-electron chi connectivity index (χ2n) is 9.06. The first-order valence-electron chi connectivity index (χ1n) is 12.4. The monoisotopic (exact) mass is 523 g/mol. The van der Waals surface area contributed by atoms with Crippen LogP contribution in [-0.4, -0.2) is 51.8 Å². The number of amides is 1. The summed E-state index contributed by atoms with van der Waals surface area (Å²) in [6, 6.07) is 22.1. The molecule has 8 heteroatoms. The van der Waals surface area contributed by atoms with Gasteiger partial charge in [-0.25, -0.2) is 8.42 Å². The van der Waals surface area contributed by atoms with Crippen molar-refractivity contribution in [2.24, 2.45) is 0 Å². The molecule has 0 spiro atoms. The van der Waals surface area contributed by atoms with Crippen LogP contribution in [0.15, 0.2) is 77.7 Å². The van der Waals surface area contributed by atoms with Gasteiger partial charge in [-0.1, -0.05) is 36.4 Å². The van der Waals surface area contributed by atoms with E-state index in [1.54, 1.807) is 43.4 Å². The summed E-state index contributed by atoms with van der Waals surface area (Å²) in [7, 11) is -0.299. The van der Waals surface area contributed by atoms with Gasteiger partial charge in [-0.2, -0.15) is 0 Å². The minimum absolute atomic E-state index is 0.0304. The summed E-state index contributed by atoms with van der Waals surface area (Å²) in [5, 5.41) is -0.490. The van der Waals surface area contributed by atoms with Gasteiger partial charge in [-0.05, 0) is 66.8 Å². The number of sulfone groups is 1. The van der Waals surface area contributed by atoms with Gasteiger partial charge in [-0.3, -0.25) is 4.79 Å². The van der Waals surface area contributed by atoms with Crippen LogP contribution in [-0.2, 0) is 27.7 Å². The van der Waals surface area contributed by atoms with Crippen LogP contribution >= 0.6 is 0 Å². The Morgan fingerprint density at radius 2 is 1.57 bits per heavy atom. The number of likely N-dealkylation sites (tertiary alicyclic amines) is 1. The maximum Gasteiger partial charge on any atom is 0.222 e. The van der Waals surface area contributed by atoms with Crippen LogP contribution in [0.25, 0.3) is 0 Å². The molecule has 0 radical (unpaired) electrons. The Kier molecular flexibility index (Phi) is 8.71. The molecule has 7 nitrogen and oxygen atoms in total. The van der Waals surface area contributed by atoms with Crippen LogP contribution in [0, 0.1) is 0 Å². The van der Waals surface area contributed by atoms with E-state index >= 15 is 0 Å². The largest absolute Gasteiger partial charge is 0.497 e. The second-order valence-corrected chi connectivity index (χ2v) is 11.3. The van der Waals surface area contributed by atoms with Crippen molar-refractivity contribution in [3.63, 3.8) is 0 Å². The topological polar surface area (TPSA) is 82.1 Å². The molecular weight excluding hydrogens is 490 g/mol. The zero-order valence-corrected chi connectivity index (χ0v) is 22.1. The van der Waals surface area contributed by atoms with E-state index in [1.807, 2.05) is 48.5 Å². The lowest BCUT2D eigenvalue weighted by Crippen LogP contribution is -2.42. The van der Waals surface area contributed by atoms with Crippen molar-refractivity contribution in [2.75, 3.05) is 27.3 Å². The molecule has 196 valence electrons. The highest BCUT2D eigenvalue weighted by atomic mass is 32.2. The predicted molar refractivity (Wildman–Crippen MR) is 142 cm³/mol. The summed E-state index contributed by atoms with van der Waals surface area (Å²) < 4.78 is 42.6. The third-order valence-electron chi connectivity index (χ3n) is 6.71. The number of hydrogen-bond donors (Lipinski definition) is 0. The molecule has 3 aromatic carbocycles. The number of hydrogen-bond acceptors (Lipinski definition) is 6. The Labute approximate surface area is 218 Å². The van der Waals surface area contributed by atoms with Crippen LogP contribution in [0.2, 0.25) is 0 Å². The van der Waals surface area contributed by atoms with E-state index in [4.69, 9.17) is 14.2 Å². The Morgan fingerprint density at radius 1 is 0.865 bits per heavy atom. The number of carbonyl (C=O) groups excluding carboxylic acids is 1. The summed E-state index contributed by atoms with van der Waals surface area (Å²) in [6.45, 7) is 1.30. The predicted octanol–water partition coefficient (Wildman–Crippen LogP) is 4.68. The second kappa shape index (κ2) is 12.1. The molecule has 0 aromatic heterocycles. The Morgan fingerprint density at radius 3 is 2.22 bits per heavy atom. The molecule has 1 saturated heterocycles. The third-order valence-corrected chi connectivity index (χ3v) is 8.99. The van der Waals surface area contributed by atoms with Crippen molar-refractivity contribution < 1.29 is 27.4 Å². The zero-order chi connectivity index (χ0) is 26.3. The van der Waals surface area contributed by atoms with Gasteiger partial charge in [0.05, 0.1) is 24.4 Å². The highest BCUT2D eigenvalue weighted by Gasteiger charge is 2.32. The quantitative estimate of drug-likeness (QED) is 0.384. The lowest BCUT2D eigenvalue weighted by molar-refractivity contribution is -0.132. The number of ether oxygens (including phenoxy) is 3. The van der Waals surface area contributed by atoms with Crippen LogP contribution in [0.1, 0.15) is 30.4 Å². The van der Waals surface area contributed by atoms with Gasteiger partial charge in [0.2, 0.25) is 5.91 Å². The lowest BCUT2D eigenvalue weighted by Gasteiger charge is -2.32. The van der Waals surface area contributed by atoms with E-state index in [0.29, 0.717) is 67.5 Å². The molecular formula is C29H33NO6S. The molecule has 1 fully saturated rings. The fourth-order valence-corrected chi connectivity index (χ4v) is 6.24. The molecule has 1 aliphatic heterocycles. The Bertz CT molecular complexity index is 1280. The number of methoxy groups -OCH3 is 2. The average Bonchev–Trinajstić information content (AvgIpc) is 2.95. The van der Waals surface area contributed by atoms with E-state index in [1.165, 1.54) is 0 Å². The van der Waals surface area contributed by atoms with Crippen molar-refractivity contribution in [3.05, 3.63) is 83.9 Å². The fraction of sp³-hybridized carbons (Fsp3) is 0.345. The van der Waals surface area contributed by atoms with E-state index < -0.39 is 15.1 Å². The SMILES string of the molecule is COc1ccc(S(=O)(=O)C2CCN(C(=O)CCc3ccc(OC)c(OCc4ccccc4)c3)CC2)cc1. The van der Waals surface area contributed by atoms with Gasteiger partial charge >= 0.3 is 0 Å². The van der Waals surface area contributed by atoms with Crippen molar-refractivity contribution in [1.82, 2.24) is 4.90 Å². The summed E-state index contributed by atoms with van der Waals surface area (Å²) in [4.78, 5) is 15.0. The van der Waals surface area contributed by atoms with E-state index in [-0.39, 0.29) is 5.91 Å². The lowest BCUT2D eigenvalue weighted by atomic mass is 10.1. The maximum absolute atomic E-state index is 13.0. The van der Waals surface area contributed by atoms with E-state index in [2.05, 4.69) is 0 Å².